The Morgan fingerprint density at radius 1 is 1.27 bits per heavy atom. The number of rotatable bonds is 3. The molecule has 0 unspecified atom stereocenters. The topological polar surface area (TPSA) is 15.3 Å². The van der Waals surface area contributed by atoms with Crippen LogP contribution in [0, 0.1) is 0 Å². The molecule has 0 aliphatic carbocycles. The highest BCUT2D eigenvalue weighted by atomic mass is 15.1. The summed E-state index contributed by atoms with van der Waals surface area (Å²) in [6.45, 7) is 6.09. The maximum absolute atomic E-state index is 3.27. The van der Waals surface area contributed by atoms with Gasteiger partial charge in [-0.1, -0.05) is 6.42 Å². The van der Waals surface area contributed by atoms with E-state index in [2.05, 4.69) is 17.1 Å². The Hall–Kier alpha value is -0.0800. The lowest BCUT2D eigenvalue weighted by molar-refractivity contribution is 0.212. The Kier molecular flexibility index (Phi) is 3.87. The van der Waals surface area contributed by atoms with Crippen LogP contribution < -0.4 is 5.32 Å². The Balaban J connectivity index is 2.13. The Labute approximate surface area is 70.0 Å². The zero-order valence-electron chi connectivity index (χ0n) is 7.77. The van der Waals surface area contributed by atoms with Gasteiger partial charge in [0.15, 0.2) is 0 Å². The molecular weight excluding hydrogens is 136 g/mol. The third-order valence-electron chi connectivity index (χ3n) is 2.47. The lowest BCUT2D eigenvalue weighted by atomic mass is 10.1. The molecule has 0 spiro atoms. The highest BCUT2D eigenvalue weighted by molar-refractivity contribution is 4.69. The second-order valence-electron chi connectivity index (χ2n) is 3.55. The molecule has 1 rings (SSSR count). The van der Waals surface area contributed by atoms with Crippen LogP contribution in [0.4, 0.5) is 0 Å². The molecule has 0 aromatic carbocycles. The molecule has 0 radical (unpaired) electrons. The number of nitrogens with one attached hydrogen (secondary N) is 1. The first-order chi connectivity index (χ1) is 5.33. The molecule has 1 atom stereocenters. The Morgan fingerprint density at radius 2 is 1.91 bits per heavy atom. The van der Waals surface area contributed by atoms with Crippen molar-refractivity contribution in [2.24, 2.45) is 0 Å². The van der Waals surface area contributed by atoms with Crippen LogP contribution in [-0.4, -0.2) is 37.6 Å². The van der Waals surface area contributed by atoms with E-state index in [1.54, 1.807) is 0 Å². The number of likely N-dealkylation sites (N-methyl/N-ethyl adjacent to an activating group) is 1. The van der Waals surface area contributed by atoms with E-state index in [4.69, 9.17) is 0 Å². The SMILES string of the molecule is CN[C@@H](C)CN1CCCCC1. The third-order valence-corrected chi connectivity index (χ3v) is 2.47. The molecule has 0 aromatic rings. The Morgan fingerprint density at radius 3 is 2.45 bits per heavy atom. The van der Waals surface area contributed by atoms with Crippen molar-refractivity contribution in [3.63, 3.8) is 0 Å². The molecule has 1 fully saturated rings. The fraction of sp³-hybridized carbons (Fsp3) is 1.00. The van der Waals surface area contributed by atoms with E-state index in [1.165, 1.54) is 38.9 Å². The first-order valence-electron chi connectivity index (χ1n) is 4.72. The summed E-state index contributed by atoms with van der Waals surface area (Å²) in [6, 6.07) is 0.646. The molecule has 0 bridgehead atoms. The predicted molar refractivity (Wildman–Crippen MR) is 48.8 cm³/mol. The van der Waals surface area contributed by atoms with Crippen molar-refractivity contribution in [2.75, 3.05) is 26.7 Å². The lowest BCUT2D eigenvalue weighted by Crippen LogP contribution is -2.40. The van der Waals surface area contributed by atoms with Crippen molar-refractivity contribution in [1.29, 1.82) is 0 Å². The fourth-order valence-corrected chi connectivity index (χ4v) is 1.62. The van der Waals surface area contributed by atoms with Crippen LogP contribution in [0.1, 0.15) is 26.2 Å². The average molecular weight is 156 g/mol. The van der Waals surface area contributed by atoms with E-state index in [1.807, 2.05) is 7.05 Å². The highest BCUT2D eigenvalue weighted by Gasteiger charge is 2.11. The monoisotopic (exact) mass is 156 g/mol. The van der Waals surface area contributed by atoms with E-state index >= 15 is 0 Å². The average Bonchev–Trinajstić information content (AvgIpc) is 2.06. The van der Waals surface area contributed by atoms with E-state index in [9.17, 15) is 0 Å². The van der Waals surface area contributed by atoms with Gasteiger partial charge >= 0.3 is 0 Å². The molecule has 1 aliphatic heterocycles. The van der Waals surface area contributed by atoms with E-state index < -0.39 is 0 Å². The van der Waals surface area contributed by atoms with Gasteiger partial charge in [0.1, 0.15) is 0 Å². The lowest BCUT2D eigenvalue weighted by Gasteiger charge is -2.28. The normalized spacial score (nSPS) is 23.5. The maximum Gasteiger partial charge on any atom is 0.0163 e. The minimum atomic E-state index is 0.646. The van der Waals surface area contributed by atoms with E-state index in [-0.39, 0.29) is 0 Å². The van der Waals surface area contributed by atoms with Gasteiger partial charge in [-0.05, 0) is 39.9 Å². The molecule has 1 N–H and O–H groups in total. The second-order valence-corrected chi connectivity index (χ2v) is 3.55. The van der Waals surface area contributed by atoms with Crippen LogP contribution in [0.25, 0.3) is 0 Å². The first kappa shape index (κ1) is 9.01. The van der Waals surface area contributed by atoms with Crippen molar-refractivity contribution in [1.82, 2.24) is 10.2 Å². The molecule has 0 aromatic heterocycles. The first-order valence-corrected chi connectivity index (χ1v) is 4.72. The molecule has 1 aliphatic rings. The van der Waals surface area contributed by atoms with Crippen LogP contribution in [0.5, 0.6) is 0 Å². The zero-order chi connectivity index (χ0) is 8.10. The molecule has 0 amide bonds. The van der Waals surface area contributed by atoms with Crippen molar-refractivity contribution < 1.29 is 0 Å². The van der Waals surface area contributed by atoms with Gasteiger partial charge in [0.2, 0.25) is 0 Å². The van der Waals surface area contributed by atoms with Crippen LogP contribution in [0.2, 0.25) is 0 Å². The molecule has 2 nitrogen and oxygen atoms in total. The maximum atomic E-state index is 3.27. The summed E-state index contributed by atoms with van der Waals surface area (Å²) < 4.78 is 0. The highest BCUT2D eigenvalue weighted by Crippen LogP contribution is 2.08. The second kappa shape index (κ2) is 4.73. The number of nitrogens with zero attached hydrogens (tertiary/aromatic N) is 1. The van der Waals surface area contributed by atoms with Gasteiger partial charge in [-0.25, -0.2) is 0 Å². The Bertz CT molecular complexity index is 97.7. The molecule has 0 saturated carbocycles. The zero-order valence-corrected chi connectivity index (χ0v) is 7.77. The summed E-state index contributed by atoms with van der Waals surface area (Å²) in [5.74, 6) is 0. The summed E-state index contributed by atoms with van der Waals surface area (Å²) in [7, 11) is 2.04. The predicted octanol–water partition coefficient (Wildman–Crippen LogP) is 1.08. The van der Waals surface area contributed by atoms with Crippen LogP contribution in [0.15, 0.2) is 0 Å². The fourth-order valence-electron chi connectivity index (χ4n) is 1.62. The van der Waals surface area contributed by atoms with Crippen molar-refractivity contribution in [2.45, 2.75) is 32.2 Å². The van der Waals surface area contributed by atoms with Gasteiger partial charge in [-0.15, -0.1) is 0 Å². The third kappa shape index (κ3) is 3.21. The number of hydrogen-bond donors (Lipinski definition) is 1. The van der Waals surface area contributed by atoms with Crippen LogP contribution in [0.3, 0.4) is 0 Å². The molecule has 1 saturated heterocycles. The quantitative estimate of drug-likeness (QED) is 0.658. The van der Waals surface area contributed by atoms with Crippen molar-refractivity contribution >= 4 is 0 Å². The van der Waals surface area contributed by atoms with Gasteiger partial charge in [0, 0.05) is 12.6 Å². The van der Waals surface area contributed by atoms with Gasteiger partial charge < -0.3 is 10.2 Å². The standard InChI is InChI=1S/C9H20N2/c1-9(10-2)8-11-6-4-3-5-7-11/h9-10H,3-8H2,1-2H3/t9-/m0/s1. The number of likely N-dealkylation sites (tertiary alicyclic amines) is 1. The van der Waals surface area contributed by atoms with Crippen molar-refractivity contribution in [3.8, 4) is 0 Å². The molecule has 1 heterocycles. The molecular formula is C9H20N2. The smallest absolute Gasteiger partial charge is 0.0163 e. The van der Waals surface area contributed by atoms with Crippen molar-refractivity contribution in [3.05, 3.63) is 0 Å². The minimum Gasteiger partial charge on any atom is -0.316 e. The summed E-state index contributed by atoms with van der Waals surface area (Å²) in [6.07, 6.45) is 4.23. The number of hydrogen-bond acceptors (Lipinski definition) is 2. The molecule has 11 heavy (non-hydrogen) atoms. The molecule has 66 valence electrons. The summed E-state index contributed by atoms with van der Waals surface area (Å²) in [4.78, 5) is 2.56. The summed E-state index contributed by atoms with van der Waals surface area (Å²) in [5.41, 5.74) is 0. The number of piperidine rings is 1. The summed E-state index contributed by atoms with van der Waals surface area (Å²) in [5, 5.41) is 3.27. The van der Waals surface area contributed by atoms with Crippen LogP contribution in [-0.2, 0) is 0 Å². The van der Waals surface area contributed by atoms with Gasteiger partial charge in [-0.3, -0.25) is 0 Å². The van der Waals surface area contributed by atoms with Crippen LogP contribution >= 0.6 is 0 Å². The minimum absolute atomic E-state index is 0.646. The van der Waals surface area contributed by atoms with E-state index in [0.29, 0.717) is 6.04 Å². The largest absolute Gasteiger partial charge is 0.316 e. The summed E-state index contributed by atoms with van der Waals surface area (Å²) >= 11 is 0. The van der Waals surface area contributed by atoms with Gasteiger partial charge in [0.25, 0.3) is 0 Å². The van der Waals surface area contributed by atoms with Gasteiger partial charge in [-0.2, -0.15) is 0 Å². The van der Waals surface area contributed by atoms with E-state index in [0.717, 1.165) is 0 Å². The van der Waals surface area contributed by atoms with Gasteiger partial charge in [0.05, 0.1) is 0 Å². The molecule has 2 heteroatoms.